The normalized spacial score (nSPS) is 12.8. The van der Waals surface area contributed by atoms with E-state index in [2.05, 4.69) is 44.6 Å². The number of thiazole rings is 1. The van der Waals surface area contributed by atoms with Gasteiger partial charge in [0.25, 0.3) is 0 Å². The number of benzene rings is 1. The number of methoxy groups -OCH3 is 1. The Kier molecular flexibility index (Phi) is 5.07. The van der Waals surface area contributed by atoms with Gasteiger partial charge in [0.05, 0.1) is 17.0 Å². The lowest BCUT2D eigenvalue weighted by Gasteiger charge is -2.04. The molecule has 0 radical (unpaired) electrons. The van der Waals surface area contributed by atoms with E-state index in [1.165, 1.54) is 4.53 Å². The molecule has 0 amide bonds. The Morgan fingerprint density at radius 1 is 1.26 bits per heavy atom. The largest absolute Gasteiger partial charge is 0.493 e. The first-order valence-corrected chi connectivity index (χ1v) is 9.37. The second-order valence-electron chi connectivity index (χ2n) is 5.84. The van der Waals surface area contributed by atoms with Crippen molar-refractivity contribution in [3.8, 4) is 5.75 Å². The van der Waals surface area contributed by atoms with Crippen LogP contribution in [0.1, 0.15) is 12.0 Å². The summed E-state index contributed by atoms with van der Waals surface area (Å²) in [6.07, 6.45) is 12.8. The highest BCUT2D eigenvalue weighted by Crippen LogP contribution is 2.23. The number of allylic oxidation sites excluding steroid dienone is 2. The molecule has 0 spiro atoms. The van der Waals surface area contributed by atoms with E-state index in [1.54, 1.807) is 30.9 Å². The van der Waals surface area contributed by atoms with Gasteiger partial charge in [-0.05, 0) is 42.3 Å². The fraction of sp³-hybridized carbons (Fsp3) is 0.0952. The van der Waals surface area contributed by atoms with Crippen LogP contribution in [0.5, 0.6) is 5.75 Å². The summed E-state index contributed by atoms with van der Waals surface area (Å²) in [4.78, 5) is 13.4. The Balaban J connectivity index is 1.56. The quantitative estimate of drug-likeness (QED) is 0.694. The molecule has 0 bridgehead atoms. The fourth-order valence-corrected chi connectivity index (χ4v) is 3.57. The molecule has 1 aliphatic rings. The van der Waals surface area contributed by atoms with Gasteiger partial charge < -0.3 is 10.1 Å². The van der Waals surface area contributed by atoms with Crippen molar-refractivity contribution >= 4 is 46.3 Å². The van der Waals surface area contributed by atoms with E-state index in [0.717, 1.165) is 28.2 Å². The van der Waals surface area contributed by atoms with E-state index < -0.39 is 0 Å². The first kappa shape index (κ1) is 17.2. The van der Waals surface area contributed by atoms with Crippen molar-refractivity contribution in [1.29, 1.82) is 0 Å². The van der Waals surface area contributed by atoms with E-state index in [-0.39, 0.29) is 0 Å². The Hall–Kier alpha value is -3.25. The molecule has 4 rings (SSSR count). The first-order chi connectivity index (χ1) is 13.3. The van der Waals surface area contributed by atoms with Crippen LogP contribution >= 0.6 is 11.3 Å². The molecule has 0 saturated heterocycles. The SMILES string of the molecule is COc1cccnc1/N=C/c1cccc(Nc2nc3c(s2)=CC=CCC=3)c1. The Bertz CT molecular complexity index is 1130. The average molecular weight is 374 g/mol. The second-order valence-corrected chi connectivity index (χ2v) is 6.87. The van der Waals surface area contributed by atoms with Gasteiger partial charge in [0.2, 0.25) is 0 Å². The van der Waals surface area contributed by atoms with Gasteiger partial charge in [0.15, 0.2) is 16.7 Å². The summed E-state index contributed by atoms with van der Waals surface area (Å²) in [5.74, 6) is 1.20. The van der Waals surface area contributed by atoms with Gasteiger partial charge in [0.1, 0.15) is 0 Å². The summed E-state index contributed by atoms with van der Waals surface area (Å²) >= 11 is 1.64. The molecule has 0 fully saturated rings. The summed E-state index contributed by atoms with van der Waals surface area (Å²) < 4.78 is 6.45. The second kappa shape index (κ2) is 7.97. The van der Waals surface area contributed by atoms with Crippen LogP contribution in [-0.2, 0) is 0 Å². The zero-order valence-corrected chi connectivity index (χ0v) is 15.6. The van der Waals surface area contributed by atoms with Crippen molar-refractivity contribution in [3.05, 3.63) is 70.2 Å². The third-order valence-electron chi connectivity index (χ3n) is 3.96. The van der Waals surface area contributed by atoms with Crippen molar-refractivity contribution in [2.24, 2.45) is 4.99 Å². The maximum absolute atomic E-state index is 5.28. The molecule has 3 aromatic rings. The van der Waals surface area contributed by atoms with E-state index in [9.17, 15) is 0 Å². The molecule has 134 valence electrons. The third kappa shape index (κ3) is 4.12. The Labute approximate surface area is 161 Å². The van der Waals surface area contributed by atoms with Crippen LogP contribution in [0.2, 0.25) is 0 Å². The smallest absolute Gasteiger partial charge is 0.194 e. The maximum atomic E-state index is 5.28. The number of fused-ring (bicyclic) bond motifs is 1. The molecule has 2 heterocycles. The number of nitrogens with zero attached hydrogens (tertiary/aromatic N) is 3. The van der Waals surface area contributed by atoms with Crippen LogP contribution in [-0.4, -0.2) is 23.3 Å². The van der Waals surface area contributed by atoms with Gasteiger partial charge in [-0.2, -0.15) is 0 Å². The van der Waals surface area contributed by atoms with Gasteiger partial charge in [0, 0.05) is 18.1 Å². The number of hydrogen-bond donors (Lipinski definition) is 1. The molecule has 27 heavy (non-hydrogen) atoms. The molecule has 0 saturated carbocycles. The van der Waals surface area contributed by atoms with Crippen LogP contribution < -0.4 is 19.9 Å². The number of rotatable bonds is 5. The lowest BCUT2D eigenvalue weighted by atomic mass is 10.2. The van der Waals surface area contributed by atoms with Crippen LogP contribution in [0, 0.1) is 0 Å². The topological polar surface area (TPSA) is 59.4 Å². The maximum Gasteiger partial charge on any atom is 0.194 e. The molecule has 2 aromatic heterocycles. The van der Waals surface area contributed by atoms with Crippen molar-refractivity contribution in [1.82, 2.24) is 9.97 Å². The molecule has 5 nitrogen and oxygen atoms in total. The number of hydrogen-bond acceptors (Lipinski definition) is 6. The molecule has 0 unspecified atom stereocenters. The highest BCUT2D eigenvalue weighted by Gasteiger charge is 2.03. The predicted molar refractivity (Wildman–Crippen MR) is 112 cm³/mol. The molecular weight excluding hydrogens is 356 g/mol. The monoisotopic (exact) mass is 374 g/mol. The third-order valence-corrected chi connectivity index (χ3v) is 4.91. The zero-order chi connectivity index (χ0) is 18.5. The summed E-state index contributed by atoms with van der Waals surface area (Å²) in [6, 6.07) is 11.7. The van der Waals surface area contributed by atoms with Crippen LogP contribution in [0.15, 0.2) is 59.7 Å². The highest BCUT2D eigenvalue weighted by molar-refractivity contribution is 7.13. The van der Waals surface area contributed by atoms with Gasteiger partial charge >= 0.3 is 0 Å². The number of nitrogens with one attached hydrogen (secondary N) is 1. The Morgan fingerprint density at radius 2 is 2.22 bits per heavy atom. The van der Waals surface area contributed by atoms with E-state index in [4.69, 9.17) is 4.74 Å². The van der Waals surface area contributed by atoms with Crippen molar-refractivity contribution in [2.45, 2.75) is 6.42 Å². The van der Waals surface area contributed by atoms with E-state index in [1.807, 2.05) is 36.4 Å². The highest BCUT2D eigenvalue weighted by atomic mass is 32.1. The molecule has 0 aliphatic heterocycles. The number of ether oxygens (including phenoxy) is 1. The number of pyridine rings is 1. The minimum absolute atomic E-state index is 0.557. The standard InChI is InChI=1S/C21H18N4OS/c1-26-18-10-6-12-22-20(18)23-14-15-7-5-8-16(13-15)24-21-25-17-9-3-2-4-11-19(17)27-21/h2,4-14H,3H2,1H3,(H,24,25)/b23-14+. The zero-order valence-electron chi connectivity index (χ0n) is 14.8. The molecule has 1 N–H and O–H groups in total. The van der Waals surface area contributed by atoms with Gasteiger partial charge in [-0.1, -0.05) is 41.7 Å². The lowest BCUT2D eigenvalue weighted by molar-refractivity contribution is 0.414. The fourth-order valence-electron chi connectivity index (χ4n) is 2.67. The van der Waals surface area contributed by atoms with Gasteiger partial charge in [-0.25, -0.2) is 15.0 Å². The summed E-state index contributed by atoms with van der Waals surface area (Å²) in [5.41, 5.74) is 1.93. The van der Waals surface area contributed by atoms with Crippen molar-refractivity contribution < 1.29 is 4.74 Å². The summed E-state index contributed by atoms with van der Waals surface area (Å²) in [7, 11) is 1.61. The van der Waals surface area contributed by atoms with Crippen molar-refractivity contribution in [2.75, 3.05) is 12.4 Å². The van der Waals surface area contributed by atoms with E-state index >= 15 is 0 Å². The van der Waals surface area contributed by atoms with Crippen LogP contribution in [0.3, 0.4) is 0 Å². The minimum atomic E-state index is 0.557. The number of aliphatic imine (C=N–C) groups is 1. The summed E-state index contributed by atoms with van der Waals surface area (Å²) in [5, 5.41) is 5.30. The minimum Gasteiger partial charge on any atom is -0.493 e. The molecule has 1 aliphatic carbocycles. The van der Waals surface area contributed by atoms with Crippen LogP contribution in [0.4, 0.5) is 16.6 Å². The lowest BCUT2D eigenvalue weighted by Crippen LogP contribution is -2.19. The number of anilines is 2. The first-order valence-electron chi connectivity index (χ1n) is 8.56. The van der Waals surface area contributed by atoms with Gasteiger partial charge in [-0.3, -0.25) is 0 Å². The van der Waals surface area contributed by atoms with Crippen LogP contribution in [0.25, 0.3) is 12.2 Å². The van der Waals surface area contributed by atoms with Crippen molar-refractivity contribution in [3.63, 3.8) is 0 Å². The molecule has 1 aromatic carbocycles. The molecular formula is C21H18N4OS. The Morgan fingerprint density at radius 3 is 3.15 bits per heavy atom. The number of aromatic nitrogens is 2. The predicted octanol–water partition coefficient (Wildman–Crippen LogP) is 3.56. The molecule has 0 atom stereocenters. The average Bonchev–Trinajstić information content (AvgIpc) is 2.94. The molecule has 6 heteroatoms. The van der Waals surface area contributed by atoms with Gasteiger partial charge in [-0.15, -0.1) is 0 Å². The summed E-state index contributed by atoms with van der Waals surface area (Å²) in [6.45, 7) is 0. The van der Waals surface area contributed by atoms with E-state index in [0.29, 0.717) is 11.6 Å².